The maximum atomic E-state index is 12.8. The highest BCUT2D eigenvalue weighted by Crippen LogP contribution is 2.15. The molecule has 0 aliphatic carbocycles. The highest BCUT2D eigenvalue weighted by atomic mass is 19.1. The molecule has 0 spiro atoms. The first-order valence-corrected chi connectivity index (χ1v) is 7.06. The maximum Gasteiger partial charge on any atom is 0.340 e. The summed E-state index contributed by atoms with van der Waals surface area (Å²) in [6, 6.07) is 10.2. The molecule has 7 heteroatoms. The van der Waals surface area contributed by atoms with Crippen LogP contribution in [0.15, 0.2) is 54.9 Å². The van der Waals surface area contributed by atoms with Crippen molar-refractivity contribution in [3.8, 4) is 0 Å². The number of carbonyl (C=O) groups excluding carboxylic acids is 2. The molecule has 2 aromatic carbocycles. The topological polar surface area (TPSA) is 81.2 Å². The van der Waals surface area contributed by atoms with Crippen molar-refractivity contribution >= 4 is 28.6 Å². The van der Waals surface area contributed by atoms with Crippen molar-refractivity contribution in [1.82, 2.24) is 9.97 Å². The fourth-order valence-corrected chi connectivity index (χ4v) is 2.10. The van der Waals surface area contributed by atoms with E-state index in [2.05, 4.69) is 15.3 Å². The van der Waals surface area contributed by atoms with Gasteiger partial charge in [0.25, 0.3) is 5.91 Å². The molecular formula is C17H12FN3O3. The molecule has 3 aromatic rings. The molecular weight excluding hydrogens is 313 g/mol. The molecule has 0 fully saturated rings. The Labute approximate surface area is 136 Å². The molecule has 0 saturated heterocycles. The first-order valence-electron chi connectivity index (χ1n) is 7.06. The third-order valence-corrected chi connectivity index (χ3v) is 3.18. The average Bonchev–Trinajstić information content (AvgIpc) is 2.61. The number of nitrogens with zero attached hydrogens (tertiary/aromatic N) is 2. The number of amides is 1. The number of para-hydroxylation sites is 1. The largest absolute Gasteiger partial charge is 0.452 e. The zero-order chi connectivity index (χ0) is 16.9. The van der Waals surface area contributed by atoms with Crippen molar-refractivity contribution in [2.75, 3.05) is 11.9 Å². The van der Waals surface area contributed by atoms with Crippen LogP contribution in [0.1, 0.15) is 10.4 Å². The third-order valence-electron chi connectivity index (χ3n) is 3.18. The molecule has 1 aromatic heterocycles. The van der Waals surface area contributed by atoms with Crippen molar-refractivity contribution in [3.63, 3.8) is 0 Å². The van der Waals surface area contributed by atoms with Gasteiger partial charge in [0.15, 0.2) is 6.61 Å². The van der Waals surface area contributed by atoms with Crippen LogP contribution < -0.4 is 5.32 Å². The van der Waals surface area contributed by atoms with Gasteiger partial charge in [-0.15, -0.1) is 0 Å². The van der Waals surface area contributed by atoms with Crippen LogP contribution in [0.5, 0.6) is 0 Å². The maximum absolute atomic E-state index is 12.8. The van der Waals surface area contributed by atoms with Gasteiger partial charge in [-0.05, 0) is 36.4 Å². The molecule has 0 saturated carbocycles. The first kappa shape index (κ1) is 15.5. The van der Waals surface area contributed by atoms with E-state index in [1.54, 1.807) is 18.2 Å². The van der Waals surface area contributed by atoms with Gasteiger partial charge in [0, 0.05) is 18.1 Å². The van der Waals surface area contributed by atoms with E-state index >= 15 is 0 Å². The normalized spacial score (nSPS) is 10.4. The molecule has 0 radical (unpaired) electrons. The molecule has 24 heavy (non-hydrogen) atoms. The number of ether oxygens (including phenoxy) is 1. The average molecular weight is 325 g/mol. The molecule has 3 rings (SSSR count). The van der Waals surface area contributed by atoms with E-state index in [1.807, 2.05) is 0 Å². The number of anilines is 1. The number of rotatable bonds is 4. The Balaban J connectivity index is 1.64. The Bertz CT molecular complexity index is 892. The van der Waals surface area contributed by atoms with E-state index in [4.69, 9.17) is 4.74 Å². The van der Waals surface area contributed by atoms with Crippen molar-refractivity contribution in [2.24, 2.45) is 0 Å². The number of benzene rings is 2. The van der Waals surface area contributed by atoms with Gasteiger partial charge in [0.05, 0.1) is 11.1 Å². The quantitative estimate of drug-likeness (QED) is 0.746. The highest BCUT2D eigenvalue weighted by Gasteiger charge is 2.14. The van der Waals surface area contributed by atoms with E-state index in [1.165, 1.54) is 36.7 Å². The van der Waals surface area contributed by atoms with Crippen LogP contribution in [0.4, 0.5) is 10.1 Å². The Morgan fingerprint density at radius 1 is 1.04 bits per heavy atom. The van der Waals surface area contributed by atoms with Crippen molar-refractivity contribution in [1.29, 1.82) is 0 Å². The Kier molecular flexibility index (Phi) is 4.42. The van der Waals surface area contributed by atoms with E-state index in [-0.39, 0.29) is 5.56 Å². The summed E-state index contributed by atoms with van der Waals surface area (Å²) < 4.78 is 17.8. The Morgan fingerprint density at radius 2 is 1.79 bits per heavy atom. The molecule has 0 aliphatic heterocycles. The van der Waals surface area contributed by atoms with Crippen molar-refractivity contribution < 1.29 is 18.7 Å². The molecule has 1 amide bonds. The summed E-state index contributed by atoms with van der Waals surface area (Å²) in [6.45, 7) is -0.465. The smallest absolute Gasteiger partial charge is 0.340 e. The van der Waals surface area contributed by atoms with Crippen LogP contribution in [0, 0.1) is 5.82 Å². The number of carbonyl (C=O) groups is 2. The van der Waals surface area contributed by atoms with Gasteiger partial charge < -0.3 is 10.1 Å². The third kappa shape index (κ3) is 3.52. The standard InChI is InChI=1S/C17H12FN3O3/c18-11-4-6-12(7-5-11)21-15(22)10-24-17(23)13-2-1-3-14-16(13)20-9-8-19-14/h1-9H,10H2,(H,21,22). The second kappa shape index (κ2) is 6.82. The SMILES string of the molecule is O=C(COC(=O)c1cccc2nccnc12)Nc1ccc(F)cc1. The Morgan fingerprint density at radius 3 is 2.58 bits per heavy atom. The lowest BCUT2D eigenvalue weighted by Crippen LogP contribution is -2.21. The second-order valence-electron chi connectivity index (χ2n) is 4.86. The van der Waals surface area contributed by atoms with Gasteiger partial charge in [0.2, 0.25) is 0 Å². The minimum atomic E-state index is -0.671. The lowest BCUT2D eigenvalue weighted by Gasteiger charge is -2.07. The fourth-order valence-electron chi connectivity index (χ4n) is 2.10. The lowest BCUT2D eigenvalue weighted by molar-refractivity contribution is -0.119. The zero-order valence-corrected chi connectivity index (χ0v) is 12.4. The molecule has 0 atom stereocenters. The molecule has 1 N–H and O–H groups in total. The minimum absolute atomic E-state index is 0.232. The molecule has 0 aliphatic rings. The molecule has 0 unspecified atom stereocenters. The van der Waals surface area contributed by atoms with Crippen LogP contribution >= 0.6 is 0 Å². The summed E-state index contributed by atoms with van der Waals surface area (Å²) in [6.07, 6.45) is 2.99. The predicted molar refractivity (Wildman–Crippen MR) is 84.9 cm³/mol. The number of fused-ring (bicyclic) bond motifs is 1. The monoisotopic (exact) mass is 325 g/mol. The molecule has 0 bridgehead atoms. The van der Waals surface area contributed by atoms with Crippen molar-refractivity contribution in [3.05, 3.63) is 66.2 Å². The minimum Gasteiger partial charge on any atom is -0.452 e. The molecule has 1 heterocycles. The van der Waals surface area contributed by atoms with Crippen molar-refractivity contribution in [2.45, 2.75) is 0 Å². The second-order valence-corrected chi connectivity index (χ2v) is 4.86. The number of aromatic nitrogens is 2. The number of halogens is 1. The van der Waals surface area contributed by atoms with Gasteiger partial charge in [-0.3, -0.25) is 14.8 Å². The van der Waals surface area contributed by atoms with Crippen LogP contribution in [-0.4, -0.2) is 28.5 Å². The molecule has 120 valence electrons. The van der Waals surface area contributed by atoms with E-state index < -0.39 is 24.3 Å². The summed E-state index contributed by atoms with van der Waals surface area (Å²) in [5, 5.41) is 2.50. The summed E-state index contributed by atoms with van der Waals surface area (Å²) in [4.78, 5) is 32.1. The summed E-state index contributed by atoms with van der Waals surface area (Å²) >= 11 is 0. The number of hydrogen-bond donors (Lipinski definition) is 1. The number of nitrogens with one attached hydrogen (secondary N) is 1. The first-order chi connectivity index (χ1) is 11.6. The highest BCUT2D eigenvalue weighted by molar-refractivity contribution is 6.02. The predicted octanol–water partition coefficient (Wildman–Crippen LogP) is 2.56. The van der Waals surface area contributed by atoms with Crippen LogP contribution in [0.2, 0.25) is 0 Å². The van der Waals surface area contributed by atoms with Gasteiger partial charge in [0.1, 0.15) is 11.3 Å². The summed E-state index contributed by atoms with van der Waals surface area (Å²) in [5.41, 5.74) is 1.61. The lowest BCUT2D eigenvalue weighted by atomic mass is 10.2. The number of esters is 1. The van der Waals surface area contributed by atoms with Crippen LogP contribution in [0.3, 0.4) is 0 Å². The van der Waals surface area contributed by atoms with E-state index in [9.17, 15) is 14.0 Å². The van der Waals surface area contributed by atoms with Gasteiger partial charge in [-0.25, -0.2) is 9.18 Å². The van der Waals surface area contributed by atoms with Crippen LogP contribution in [0.25, 0.3) is 11.0 Å². The van der Waals surface area contributed by atoms with Crippen LogP contribution in [-0.2, 0) is 9.53 Å². The van der Waals surface area contributed by atoms with Gasteiger partial charge in [-0.2, -0.15) is 0 Å². The Hall–Kier alpha value is -3.35. The van der Waals surface area contributed by atoms with E-state index in [0.717, 1.165) is 0 Å². The molecule has 6 nitrogen and oxygen atoms in total. The van der Waals surface area contributed by atoms with E-state index in [0.29, 0.717) is 16.7 Å². The van der Waals surface area contributed by atoms with Gasteiger partial charge in [-0.1, -0.05) is 6.07 Å². The van der Waals surface area contributed by atoms with Gasteiger partial charge >= 0.3 is 5.97 Å². The summed E-state index contributed by atoms with van der Waals surface area (Å²) in [5.74, 6) is -1.60. The summed E-state index contributed by atoms with van der Waals surface area (Å²) in [7, 11) is 0. The number of hydrogen-bond acceptors (Lipinski definition) is 5. The fraction of sp³-hybridized carbons (Fsp3) is 0.0588. The zero-order valence-electron chi connectivity index (χ0n) is 12.4.